The molecule has 0 radical (unpaired) electrons. The summed E-state index contributed by atoms with van der Waals surface area (Å²) in [4.78, 5) is 0. The Kier molecular flexibility index (Phi) is 5.14. The molecule has 15 heavy (non-hydrogen) atoms. The van der Waals surface area contributed by atoms with E-state index in [1.165, 1.54) is 0 Å². The van der Waals surface area contributed by atoms with Crippen molar-refractivity contribution in [3.8, 4) is 0 Å². The van der Waals surface area contributed by atoms with Crippen molar-refractivity contribution in [3.63, 3.8) is 0 Å². The summed E-state index contributed by atoms with van der Waals surface area (Å²) in [6.07, 6.45) is 1.64. The van der Waals surface area contributed by atoms with E-state index in [-0.39, 0.29) is 6.04 Å². The summed E-state index contributed by atoms with van der Waals surface area (Å²) in [5.74, 6) is 0.860. The van der Waals surface area contributed by atoms with Gasteiger partial charge >= 0.3 is 0 Å². The summed E-state index contributed by atoms with van der Waals surface area (Å²) < 4.78 is 10.1. The zero-order valence-electron chi connectivity index (χ0n) is 8.95. The van der Waals surface area contributed by atoms with Gasteiger partial charge in [0.25, 0.3) is 0 Å². The van der Waals surface area contributed by atoms with E-state index in [0.717, 1.165) is 5.76 Å². The summed E-state index contributed by atoms with van der Waals surface area (Å²) in [6, 6.07) is 3.95. The molecular weight excluding hydrogens is 212 g/mol. The van der Waals surface area contributed by atoms with E-state index >= 15 is 0 Å². The molecule has 0 fully saturated rings. The molecule has 1 atom stereocenters. The van der Waals surface area contributed by atoms with E-state index in [9.17, 15) is 0 Å². The van der Waals surface area contributed by atoms with Crippen LogP contribution >= 0.6 is 12.2 Å². The molecule has 0 aliphatic heterocycles. The standard InChI is InChI=1S/C10H16N2O2S/c1-8(7-13-2)12-10(15)11-6-9-4-3-5-14-9/h3-5,8H,6-7H2,1-2H3,(H2,11,12,15). The van der Waals surface area contributed by atoms with E-state index in [4.69, 9.17) is 21.4 Å². The normalized spacial score (nSPS) is 12.1. The van der Waals surface area contributed by atoms with Gasteiger partial charge < -0.3 is 19.8 Å². The molecule has 2 N–H and O–H groups in total. The lowest BCUT2D eigenvalue weighted by Gasteiger charge is -2.15. The van der Waals surface area contributed by atoms with Gasteiger partial charge in [-0.3, -0.25) is 0 Å². The quantitative estimate of drug-likeness (QED) is 0.743. The van der Waals surface area contributed by atoms with Crippen LogP contribution < -0.4 is 10.6 Å². The van der Waals surface area contributed by atoms with Gasteiger partial charge in [0.05, 0.1) is 19.4 Å². The molecule has 1 aromatic heterocycles. The van der Waals surface area contributed by atoms with Crippen LogP contribution in [0.4, 0.5) is 0 Å². The Morgan fingerprint density at radius 3 is 3.07 bits per heavy atom. The summed E-state index contributed by atoms with van der Waals surface area (Å²) in [5, 5.41) is 6.75. The van der Waals surface area contributed by atoms with Gasteiger partial charge in [-0.1, -0.05) is 0 Å². The molecule has 0 spiro atoms. The molecule has 1 unspecified atom stereocenters. The van der Waals surface area contributed by atoms with Gasteiger partial charge in [-0.05, 0) is 31.3 Å². The first-order valence-corrected chi connectivity index (χ1v) is 5.19. The molecule has 1 rings (SSSR count). The maximum absolute atomic E-state index is 5.16. The van der Waals surface area contributed by atoms with Crippen molar-refractivity contribution >= 4 is 17.3 Å². The van der Waals surface area contributed by atoms with Crippen LogP contribution in [0.2, 0.25) is 0 Å². The third-order valence-corrected chi connectivity index (χ3v) is 2.06. The maximum atomic E-state index is 5.16. The lowest BCUT2D eigenvalue weighted by Crippen LogP contribution is -2.42. The van der Waals surface area contributed by atoms with E-state index in [1.54, 1.807) is 13.4 Å². The number of methoxy groups -OCH3 is 1. The van der Waals surface area contributed by atoms with Gasteiger partial charge in [-0.2, -0.15) is 0 Å². The first-order valence-electron chi connectivity index (χ1n) is 4.78. The van der Waals surface area contributed by atoms with Crippen molar-refractivity contribution in [2.24, 2.45) is 0 Å². The molecule has 0 aliphatic carbocycles. The van der Waals surface area contributed by atoms with E-state index in [0.29, 0.717) is 18.3 Å². The van der Waals surface area contributed by atoms with Gasteiger partial charge in [0, 0.05) is 13.2 Å². The highest BCUT2D eigenvalue weighted by Crippen LogP contribution is 1.98. The van der Waals surface area contributed by atoms with Crippen molar-refractivity contribution < 1.29 is 9.15 Å². The molecule has 1 heterocycles. The lowest BCUT2D eigenvalue weighted by atomic mass is 10.4. The van der Waals surface area contributed by atoms with Crippen LogP contribution in [0.5, 0.6) is 0 Å². The van der Waals surface area contributed by atoms with Crippen LogP contribution in [-0.2, 0) is 11.3 Å². The molecular formula is C10H16N2O2S. The minimum atomic E-state index is 0.201. The van der Waals surface area contributed by atoms with E-state index in [2.05, 4.69) is 10.6 Å². The Labute approximate surface area is 95.0 Å². The molecule has 0 saturated carbocycles. The first-order chi connectivity index (χ1) is 7.22. The average Bonchev–Trinajstić information content (AvgIpc) is 2.67. The Hall–Kier alpha value is -1.07. The Balaban J connectivity index is 2.19. The number of hydrogen-bond donors (Lipinski definition) is 2. The third-order valence-electron chi connectivity index (χ3n) is 1.80. The molecule has 0 bridgehead atoms. The largest absolute Gasteiger partial charge is 0.467 e. The fourth-order valence-electron chi connectivity index (χ4n) is 1.15. The Bertz CT molecular complexity index is 288. The van der Waals surface area contributed by atoms with Gasteiger partial charge in [0.2, 0.25) is 0 Å². The fourth-order valence-corrected chi connectivity index (χ4v) is 1.42. The second-order valence-electron chi connectivity index (χ2n) is 3.26. The second-order valence-corrected chi connectivity index (χ2v) is 3.67. The van der Waals surface area contributed by atoms with Crippen LogP contribution in [0.15, 0.2) is 22.8 Å². The van der Waals surface area contributed by atoms with Crippen molar-refractivity contribution in [2.45, 2.75) is 19.5 Å². The monoisotopic (exact) mass is 228 g/mol. The highest BCUT2D eigenvalue weighted by Gasteiger charge is 2.03. The smallest absolute Gasteiger partial charge is 0.166 e. The number of rotatable bonds is 5. The summed E-state index contributed by atoms with van der Waals surface area (Å²) in [6.45, 7) is 3.23. The van der Waals surface area contributed by atoms with Gasteiger partial charge in [0.1, 0.15) is 5.76 Å². The third kappa shape index (κ3) is 4.80. The Morgan fingerprint density at radius 2 is 2.47 bits per heavy atom. The molecule has 4 nitrogen and oxygen atoms in total. The number of thiocarbonyl (C=S) groups is 1. The van der Waals surface area contributed by atoms with Crippen molar-refractivity contribution in [3.05, 3.63) is 24.2 Å². The minimum Gasteiger partial charge on any atom is -0.467 e. The molecule has 1 aromatic rings. The van der Waals surface area contributed by atoms with Crippen LogP contribution in [0.25, 0.3) is 0 Å². The predicted molar refractivity (Wildman–Crippen MR) is 62.6 cm³/mol. The van der Waals surface area contributed by atoms with Crippen LogP contribution in [0, 0.1) is 0 Å². The lowest BCUT2D eigenvalue weighted by molar-refractivity contribution is 0.179. The molecule has 0 aromatic carbocycles. The summed E-state index contributed by atoms with van der Waals surface area (Å²) in [7, 11) is 1.66. The van der Waals surface area contributed by atoms with E-state index < -0.39 is 0 Å². The summed E-state index contributed by atoms with van der Waals surface area (Å²) in [5.41, 5.74) is 0. The molecule has 0 aliphatic rings. The van der Waals surface area contributed by atoms with Gasteiger partial charge in [0.15, 0.2) is 5.11 Å². The van der Waals surface area contributed by atoms with Crippen molar-refractivity contribution in [1.29, 1.82) is 0 Å². The zero-order valence-corrected chi connectivity index (χ0v) is 9.76. The second kappa shape index (κ2) is 6.42. The van der Waals surface area contributed by atoms with Crippen molar-refractivity contribution in [2.75, 3.05) is 13.7 Å². The SMILES string of the molecule is COCC(C)NC(=S)NCc1ccco1. The highest BCUT2D eigenvalue weighted by molar-refractivity contribution is 7.80. The van der Waals surface area contributed by atoms with Crippen LogP contribution in [0.3, 0.4) is 0 Å². The van der Waals surface area contributed by atoms with Crippen LogP contribution in [-0.4, -0.2) is 24.9 Å². The number of ether oxygens (including phenoxy) is 1. The fraction of sp³-hybridized carbons (Fsp3) is 0.500. The van der Waals surface area contributed by atoms with Crippen molar-refractivity contribution in [1.82, 2.24) is 10.6 Å². The maximum Gasteiger partial charge on any atom is 0.166 e. The van der Waals surface area contributed by atoms with Crippen LogP contribution in [0.1, 0.15) is 12.7 Å². The zero-order chi connectivity index (χ0) is 11.1. The molecule has 84 valence electrons. The number of nitrogens with one attached hydrogen (secondary N) is 2. The van der Waals surface area contributed by atoms with Gasteiger partial charge in [-0.15, -0.1) is 0 Å². The number of furan rings is 1. The summed E-state index contributed by atoms with van der Waals surface area (Å²) >= 11 is 5.10. The predicted octanol–water partition coefficient (Wildman–Crippen LogP) is 1.28. The topological polar surface area (TPSA) is 46.4 Å². The minimum absolute atomic E-state index is 0.201. The molecule has 5 heteroatoms. The highest BCUT2D eigenvalue weighted by atomic mass is 32.1. The Morgan fingerprint density at radius 1 is 1.67 bits per heavy atom. The number of hydrogen-bond acceptors (Lipinski definition) is 3. The molecule has 0 amide bonds. The van der Waals surface area contributed by atoms with Gasteiger partial charge in [-0.25, -0.2) is 0 Å². The molecule has 0 saturated heterocycles. The average molecular weight is 228 g/mol. The van der Waals surface area contributed by atoms with E-state index in [1.807, 2.05) is 19.1 Å². The first kappa shape index (κ1) is 12.0.